The minimum atomic E-state index is -3.66. The van der Waals surface area contributed by atoms with Gasteiger partial charge in [-0.05, 0) is 50.1 Å². The van der Waals surface area contributed by atoms with Crippen LogP contribution in [0.1, 0.15) is 25.0 Å². The van der Waals surface area contributed by atoms with Gasteiger partial charge >= 0.3 is 0 Å². The molecule has 0 saturated carbocycles. The SMILES string of the molecule is CCS(=O)(=O)N1CC(=O)N(c2ccc(Cl)cc2C)[C@@](C)(C(=O)NCc2ccccc2)C1. The van der Waals surface area contributed by atoms with Gasteiger partial charge in [0.1, 0.15) is 5.54 Å². The zero-order chi connectivity index (χ0) is 22.8. The van der Waals surface area contributed by atoms with Crippen molar-refractivity contribution in [1.82, 2.24) is 9.62 Å². The van der Waals surface area contributed by atoms with Gasteiger partial charge in [0.2, 0.25) is 21.8 Å². The lowest BCUT2D eigenvalue weighted by Crippen LogP contribution is -2.70. The van der Waals surface area contributed by atoms with E-state index in [0.717, 1.165) is 15.4 Å². The van der Waals surface area contributed by atoms with Crippen molar-refractivity contribution >= 4 is 39.1 Å². The van der Waals surface area contributed by atoms with Gasteiger partial charge in [-0.15, -0.1) is 0 Å². The third-order valence-electron chi connectivity index (χ3n) is 5.48. The summed E-state index contributed by atoms with van der Waals surface area (Å²) in [7, 11) is -3.66. The molecule has 2 amide bonds. The van der Waals surface area contributed by atoms with E-state index in [9.17, 15) is 18.0 Å². The summed E-state index contributed by atoms with van der Waals surface area (Å²) in [6.07, 6.45) is 0. The Hall–Kier alpha value is -2.42. The summed E-state index contributed by atoms with van der Waals surface area (Å²) in [5, 5.41) is 3.38. The second-order valence-corrected chi connectivity index (χ2v) is 10.5. The van der Waals surface area contributed by atoms with Crippen molar-refractivity contribution in [2.24, 2.45) is 0 Å². The van der Waals surface area contributed by atoms with Crippen LogP contribution in [0.4, 0.5) is 5.69 Å². The summed E-state index contributed by atoms with van der Waals surface area (Å²) in [6, 6.07) is 14.4. The van der Waals surface area contributed by atoms with Gasteiger partial charge in [0.05, 0.1) is 12.3 Å². The fraction of sp³-hybridized carbons (Fsp3) is 0.364. The van der Waals surface area contributed by atoms with Gasteiger partial charge in [-0.3, -0.25) is 14.5 Å². The number of halogens is 1. The number of hydrogen-bond acceptors (Lipinski definition) is 4. The van der Waals surface area contributed by atoms with Crippen LogP contribution in [0, 0.1) is 6.92 Å². The van der Waals surface area contributed by atoms with E-state index in [-0.39, 0.29) is 25.4 Å². The summed E-state index contributed by atoms with van der Waals surface area (Å²) < 4.78 is 26.2. The zero-order valence-electron chi connectivity index (χ0n) is 17.8. The molecule has 1 aliphatic rings. The number of hydrogen-bond donors (Lipinski definition) is 1. The van der Waals surface area contributed by atoms with Gasteiger partial charge in [-0.25, -0.2) is 8.42 Å². The Labute approximate surface area is 188 Å². The number of carbonyl (C=O) groups excluding carboxylic acids is 2. The van der Waals surface area contributed by atoms with Crippen molar-refractivity contribution < 1.29 is 18.0 Å². The molecule has 1 atom stereocenters. The van der Waals surface area contributed by atoms with Crippen molar-refractivity contribution in [2.45, 2.75) is 32.9 Å². The predicted octanol–water partition coefficient (Wildman–Crippen LogP) is 2.72. The van der Waals surface area contributed by atoms with Crippen LogP contribution < -0.4 is 10.2 Å². The first-order valence-electron chi connectivity index (χ1n) is 9.98. The van der Waals surface area contributed by atoms with Gasteiger partial charge in [-0.2, -0.15) is 4.31 Å². The highest BCUT2D eigenvalue weighted by Gasteiger charge is 2.50. The van der Waals surface area contributed by atoms with E-state index in [1.165, 1.54) is 11.8 Å². The van der Waals surface area contributed by atoms with Gasteiger partial charge in [-0.1, -0.05) is 41.9 Å². The lowest BCUT2D eigenvalue weighted by Gasteiger charge is -2.47. The van der Waals surface area contributed by atoms with Gasteiger partial charge in [0.15, 0.2) is 0 Å². The van der Waals surface area contributed by atoms with Crippen LogP contribution in [-0.2, 0) is 26.2 Å². The molecule has 2 aromatic rings. The van der Waals surface area contributed by atoms with Crippen LogP contribution in [0.5, 0.6) is 0 Å². The molecule has 166 valence electrons. The minimum Gasteiger partial charge on any atom is -0.350 e. The second-order valence-electron chi connectivity index (χ2n) is 7.77. The molecule has 0 radical (unpaired) electrons. The number of amides is 2. The summed E-state index contributed by atoms with van der Waals surface area (Å²) >= 11 is 6.07. The summed E-state index contributed by atoms with van der Waals surface area (Å²) in [5.74, 6) is -1.05. The maximum Gasteiger partial charge on any atom is 0.247 e. The third-order valence-corrected chi connectivity index (χ3v) is 7.49. The molecule has 2 aromatic carbocycles. The lowest BCUT2D eigenvalue weighted by molar-refractivity contribution is -0.133. The number of piperazine rings is 1. The Kier molecular flexibility index (Phi) is 6.73. The molecule has 7 nitrogen and oxygen atoms in total. The quantitative estimate of drug-likeness (QED) is 0.713. The Morgan fingerprint density at radius 2 is 1.87 bits per heavy atom. The van der Waals surface area contributed by atoms with E-state index in [0.29, 0.717) is 10.7 Å². The van der Waals surface area contributed by atoms with Gasteiger partial charge in [0.25, 0.3) is 0 Å². The molecule has 1 saturated heterocycles. The number of benzene rings is 2. The Morgan fingerprint density at radius 1 is 1.19 bits per heavy atom. The number of nitrogens with one attached hydrogen (secondary N) is 1. The molecule has 1 fully saturated rings. The molecule has 3 rings (SSSR count). The molecular formula is C22H26ClN3O4S. The fourth-order valence-electron chi connectivity index (χ4n) is 3.76. The number of anilines is 1. The number of carbonyl (C=O) groups is 2. The van der Waals surface area contributed by atoms with Gasteiger partial charge in [0, 0.05) is 23.8 Å². The zero-order valence-corrected chi connectivity index (χ0v) is 19.3. The molecule has 0 bridgehead atoms. The van der Waals surface area contributed by atoms with Crippen LogP contribution in [0.2, 0.25) is 5.02 Å². The van der Waals surface area contributed by atoms with Crippen LogP contribution in [0.25, 0.3) is 0 Å². The average Bonchev–Trinajstić information content (AvgIpc) is 2.73. The fourth-order valence-corrected chi connectivity index (χ4v) is 5.11. The molecule has 1 N–H and O–H groups in total. The standard InChI is InChI=1S/C22H26ClN3O4S/c1-4-31(29,30)25-14-20(27)26(19-11-10-18(23)12-16(19)2)22(3,15-25)21(28)24-13-17-8-6-5-7-9-17/h5-12H,4,13-15H2,1-3H3,(H,24,28)/t22-/m1/s1. The Bertz CT molecular complexity index is 1090. The molecule has 0 aromatic heterocycles. The van der Waals surface area contributed by atoms with E-state index in [4.69, 9.17) is 11.6 Å². The van der Waals surface area contributed by atoms with E-state index in [1.807, 2.05) is 30.3 Å². The molecule has 1 aliphatic heterocycles. The summed E-state index contributed by atoms with van der Waals surface area (Å²) in [5.41, 5.74) is 0.703. The number of nitrogens with zero attached hydrogens (tertiary/aromatic N) is 2. The van der Waals surface area contributed by atoms with Crippen LogP contribution in [0.3, 0.4) is 0 Å². The lowest BCUT2D eigenvalue weighted by atomic mass is 9.93. The van der Waals surface area contributed by atoms with Crippen molar-refractivity contribution in [1.29, 1.82) is 0 Å². The van der Waals surface area contributed by atoms with Crippen molar-refractivity contribution in [3.8, 4) is 0 Å². The highest BCUT2D eigenvalue weighted by Crippen LogP contribution is 2.34. The average molecular weight is 464 g/mol. The molecule has 0 spiro atoms. The normalized spacial score (nSPS) is 20.0. The van der Waals surface area contributed by atoms with Gasteiger partial charge < -0.3 is 5.32 Å². The molecule has 9 heteroatoms. The number of rotatable bonds is 6. The van der Waals surface area contributed by atoms with Crippen molar-refractivity contribution in [3.63, 3.8) is 0 Å². The van der Waals surface area contributed by atoms with E-state index in [1.54, 1.807) is 32.0 Å². The minimum absolute atomic E-state index is 0.141. The highest BCUT2D eigenvalue weighted by atomic mass is 35.5. The summed E-state index contributed by atoms with van der Waals surface area (Å²) in [4.78, 5) is 28.0. The molecule has 0 aliphatic carbocycles. The van der Waals surface area contributed by atoms with Crippen LogP contribution >= 0.6 is 11.6 Å². The van der Waals surface area contributed by atoms with Crippen molar-refractivity contribution in [2.75, 3.05) is 23.7 Å². The first kappa shape index (κ1) is 23.2. The second kappa shape index (κ2) is 8.98. The van der Waals surface area contributed by atoms with Crippen LogP contribution in [-0.4, -0.2) is 48.9 Å². The van der Waals surface area contributed by atoms with Crippen LogP contribution in [0.15, 0.2) is 48.5 Å². The maximum atomic E-state index is 13.4. The highest BCUT2D eigenvalue weighted by molar-refractivity contribution is 7.89. The molecular weight excluding hydrogens is 438 g/mol. The predicted molar refractivity (Wildman–Crippen MR) is 121 cm³/mol. The first-order chi connectivity index (χ1) is 14.6. The number of aryl methyl sites for hydroxylation is 1. The Morgan fingerprint density at radius 3 is 2.48 bits per heavy atom. The molecule has 0 unspecified atom stereocenters. The van der Waals surface area contributed by atoms with E-state index >= 15 is 0 Å². The Balaban J connectivity index is 2.01. The van der Waals surface area contributed by atoms with E-state index in [2.05, 4.69) is 5.32 Å². The largest absolute Gasteiger partial charge is 0.350 e. The van der Waals surface area contributed by atoms with E-state index < -0.39 is 27.4 Å². The third kappa shape index (κ3) is 4.76. The first-order valence-corrected chi connectivity index (χ1v) is 12.0. The smallest absolute Gasteiger partial charge is 0.247 e. The summed E-state index contributed by atoms with van der Waals surface area (Å²) in [6.45, 7) is 4.71. The van der Waals surface area contributed by atoms with Crippen molar-refractivity contribution in [3.05, 3.63) is 64.7 Å². The topological polar surface area (TPSA) is 86.8 Å². The number of sulfonamides is 1. The molecule has 31 heavy (non-hydrogen) atoms. The monoisotopic (exact) mass is 463 g/mol. The maximum absolute atomic E-state index is 13.4. The molecule has 1 heterocycles.